The van der Waals surface area contributed by atoms with Gasteiger partial charge in [0.05, 0.1) is 37.1 Å². The number of ether oxygens (including phenoxy) is 1. The Morgan fingerprint density at radius 1 is 1.43 bits per heavy atom. The molecular weight excluding hydrogens is 270 g/mol. The van der Waals surface area contributed by atoms with E-state index in [1.165, 1.54) is 0 Å². The molecule has 2 aromatic heterocycles. The number of esters is 1. The van der Waals surface area contributed by atoms with Gasteiger partial charge < -0.3 is 9.30 Å². The van der Waals surface area contributed by atoms with Crippen LogP contribution in [-0.2, 0) is 17.8 Å². The third kappa shape index (κ3) is 2.68. The van der Waals surface area contributed by atoms with Gasteiger partial charge in [-0.1, -0.05) is 5.21 Å². The molecule has 0 bridgehead atoms. The predicted molar refractivity (Wildman–Crippen MR) is 75.0 cm³/mol. The number of hydrogen-bond acceptors (Lipinski definition) is 5. The molecule has 2 heterocycles. The topological polar surface area (TPSA) is 74.8 Å². The van der Waals surface area contributed by atoms with Crippen LogP contribution in [0.2, 0.25) is 0 Å². The van der Waals surface area contributed by atoms with Crippen molar-refractivity contribution in [2.24, 2.45) is 0 Å². The zero-order chi connectivity index (χ0) is 14.8. The van der Waals surface area contributed by atoms with E-state index < -0.39 is 0 Å². The minimum Gasteiger partial charge on any atom is -0.461 e. The maximum absolute atomic E-state index is 12.0. The molecule has 112 valence electrons. The lowest BCUT2D eigenvalue weighted by atomic mass is 10.2. The van der Waals surface area contributed by atoms with Crippen LogP contribution < -0.4 is 0 Å². The predicted octanol–water partition coefficient (Wildman–Crippen LogP) is 1.60. The maximum Gasteiger partial charge on any atom is 0.360 e. The molecule has 1 fully saturated rings. The van der Waals surface area contributed by atoms with Gasteiger partial charge in [0, 0.05) is 12.5 Å². The number of carbonyl (C=O) groups is 1. The summed E-state index contributed by atoms with van der Waals surface area (Å²) in [6.45, 7) is 5.63. The zero-order valence-corrected chi connectivity index (χ0v) is 12.3. The zero-order valence-electron chi connectivity index (χ0n) is 12.3. The highest BCUT2D eigenvalue weighted by molar-refractivity contribution is 5.88. The first kappa shape index (κ1) is 13.8. The molecule has 1 aliphatic carbocycles. The number of aryl methyl sites for hydroxylation is 1. The van der Waals surface area contributed by atoms with Gasteiger partial charge in [-0.2, -0.15) is 0 Å². The Morgan fingerprint density at radius 3 is 2.90 bits per heavy atom. The highest BCUT2D eigenvalue weighted by Crippen LogP contribution is 2.41. The van der Waals surface area contributed by atoms with Crippen molar-refractivity contribution in [3.63, 3.8) is 0 Å². The summed E-state index contributed by atoms with van der Waals surface area (Å²) < 4.78 is 8.94. The summed E-state index contributed by atoms with van der Waals surface area (Å²) >= 11 is 0. The SMILES string of the molecule is CCOC(=O)c1nnn(Cc2cncn2CC)c1C1CC1. The smallest absolute Gasteiger partial charge is 0.360 e. The molecule has 0 atom stereocenters. The summed E-state index contributed by atoms with van der Waals surface area (Å²) in [4.78, 5) is 16.1. The van der Waals surface area contributed by atoms with Crippen LogP contribution in [0.3, 0.4) is 0 Å². The molecule has 0 N–H and O–H groups in total. The van der Waals surface area contributed by atoms with Gasteiger partial charge in [0.15, 0.2) is 5.69 Å². The van der Waals surface area contributed by atoms with E-state index in [4.69, 9.17) is 4.74 Å². The number of imidazole rings is 1. The molecule has 7 heteroatoms. The summed E-state index contributed by atoms with van der Waals surface area (Å²) in [7, 11) is 0. The standard InChI is InChI=1S/C14H19N5O2/c1-3-18-9-15-7-11(18)8-19-13(10-5-6-10)12(16-17-19)14(20)21-4-2/h7,9-10H,3-6,8H2,1-2H3. The molecular formula is C14H19N5O2. The first-order valence-electron chi connectivity index (χ1n) is 7.34. The second-order valence-corrected chi connectivity index (χ2v) is 5.15. The molecule has 0 radical (unpaired) electrons. The van der Waals surface area contributed by atoms with Gasteiger partial charge in [0.2, 0.25) is 0 Å². The van der Waals surface area contributed by atoms with E-state index in [-0.39, 0.29) is 5.97 Å². The largest absolute Gasteiger partial charge is 0.461 e. The Morgan fingerprint density at radius 2 is 2.24 bits per heavy atom. The lowest BCUT2D eigenvalue weighted by molar-refractivity contribution is 0.0518. The van der Waals surface area contributed by atoms with E-state index in [2.05, 4.69) is 26.8 Å². The van der Waals surface area contributed by atoms with Gasteiger partial charge in [0.25, 0.3) is 0 Å². The molecule has 0 aromatic carbocycles. The summed E-state index contributed by atoms with van der Waals surface area (Å²) in [6.07, 6.45) is 5.78. The van der Waals surface area contributed by atoms with Crippen molar-refractivity contribution in [1.82, 2.24) is 24.5 Å². The fourth-order valence-corrected chi connectivity index (χ4v) is 2.46. The van der Waals surface area contributed by atoms with Crippen LogP contribution in [0, 0.1) is 0 Å². The molecule has 0 spiro atoms. The minimum atomic E-state index is -0.380. The van der Waals surface area contributed by atoms with E-state index in [0.29, 0.717) is 24.8 Å². The Kier molecular flexibility index (Phi) is 3.72. The van der Waals surface area contributed by atoms with Crippen LogP contribution in [-0.4, -0.2) is 37.1 Å². The highest BCUT2D eigenvalue weighted by atomic mass is 16.5. The Balaban J connectivity index is 1.90. The van der Waals surface area contributed by atoms with Crippen molar-refractivity contribution >= 4 is 5.97 Å². The number of nitrogens with zero attached hydrogens (tertiary/aromatic N) is 5. The van der Waals surface area contributed by atoms with Crippen LogP contribution in [0.15, 0.2) is 12.5 Å². The monoisotopic (exact) mass is 289 g/mol. The molecule has 3 rings (SSSR count). The van der Waals surface area contributed by atoms with Gasteiger partial charge in [-0.05, 0) is 26.7 Å². The van der Waals surface area contributed by atoms with Crippen LogP contribution >= 0.6 is 0 Å². The second kappa shape index (κ2) is 5.67. The van der Waals surface area contributed by atoms with Gasteiger partial charge >= 0.3 is 5.97 Å². The number of hydrogen-bond donors (Lipinski definition) is 0. The van der Waals surface area contributed by atoms with E-state index in [1.54, 1.807) is 13.3 Å². The van der Waals surface area contributed by atoms with Crippen molar-refractivity contribution in [2.75, 3.05) is 6.61 Å². The normalized spacial score (nSPS) is 14.4. The van der Waals surface area contributed by atoms with E-state index in [1.807, 2.05) is 10.9 Å². The molecule has 1 saturated carbocycles. The lowest BCUT2D eigenvalue weighted by Crippen LogP contribution is -2.12. The third-order valence-corrected chi connectivity index (χ3v) is 3.66. The first-order valence-corrected chi connectivity index (χ1v) is 7.34. The van der Waals surface area contributed by atoms with Gasteiger partial charge in [-0.3, -0.25) is 0 Å². The minimum absolute atomic E-state index is 0.346. The lowest BCUT2D eigenvalue weighted by Gasteiger charge is -2.08. The summed E-state index contributed by atoms with van der Waals surface area (Å²) in [5.74, 6) is -0.00736. The molecule has 0 aliphatic heterocycles. The van der Waals surface area contributed by atoms with Gasteiger partial charge in [-0.15, -0.1) is 5.10 Å². The Hall–Kier alpha value is -2.18. The van der Waals surface area contributed by atoms with Crippen LogP contribution in [0.4, 0.5) is 0 Å². The Bertz CT molecular complexity index is 642. The molecule has 0 unspecified atom stereocenters. The van der Waals surface area contributed by atoms with Gasteiger partial charge in [0.1, 0.15) is 0 Å². The Labute approximate surface area is 122 Å². The molecule has 0 amide bonds. The molecule has 1 aliphatic rings. The van der Waals surface area contributed by atoms with Gasteiger partial charge in [-0.25, -0.2) is 14.5 Å². The van der Waals surface area contributed by atoms with E-state index in [0.717, 1.165) is 30.8 Å². The van der Waals surface area contributed by atoms with Crippen LogP contribution in [0.1, 0.15) is 54.5 Å². The summed E-state index contributed by atoms with van der Waals surface area (Å²) in [5.41, 5.74) is 2.32. The average molecular weight is 289 g/mol. The van der Waals surface area contributed by atoms with Crippen molar-refractivity contribution in [2.45, 2.75) is 45.7 Å². The summed E-state index contributed by atoms with van der Waals surface area (Å²) in [6, 6.07) is 0. The number of aromatic nitrogens is 5. The van der Waals surface area contributed by atoms with E-state index in [9.17, 15) is 4.79 Å². The van der Waals surface area contributed by atoms with Crippen molar-refractivity contribution in [3.05, 3.63) is 29.6 Å². The van der Waals surface area contributed by atoms with Crippen LogP contribution in [0.5, 0.6) is 0 Å². The fraction of sp³-hybridized carbons (Fsp3) is 0.571. The van der Waals surface area contributed by atoms with Crippen molar-refractivity contribution in [1.29, 1.82) is 0 Å². The maximum atomic E-state index is 12.0. The van der Waals surface area contributed by atoms with E-state index >= 15 is 0 Å². The van der Waals surface area contributed by atoms with Crippen molar-refractivity contribution in [3.8, 4) is 0 Å². The quantitative estimate of drug-likeness (QED) is 0.755. The number of carbonyl (C=O) groups excluding carboxylic acids is 1. The fourth-order valence-electron chi connectivity index (χ4n) is 2.46. The van der Waals surface area contributed by atoms with Crippen molar-refractivity contribution < 1.29 is 9.53 Å². The molecule has 21 heavy (non-hydrogen) atoms. The second-order valence-electron chi connectivity index (χ2n) is 5.15. The molecule has 0 saturated heterocycles. The van der Waals surface area contributed by atoms with Crippen LogP contribution in [0.25, 0.3) is 0 Å². The summed E-state index contributed by atoms with van der Waals surface area (Å²) in [5, 5.41) is 8.20. The molecule has 2 aromatic rings. The third-order valence-electron chi connectivity index (χ3n) is 3.66. The first-order chi connectivity index (χ1) is 10.2. The number of rotatable bonds is 6. The average Bonchev–Trinajstić information content (AvgIpc) is 3.07. The highest BCUT2D eigenvalue weighted by Gasteiger charge is 2.34. The molecule has 7 nitrogen and oxygen atoms in total.